The van der Waals surface area contributed by atoms with Gasteiger partial charge in [-0.2, -0.15) is 0 Å². The van der Waals surface area contributed by atoms with Crippen molar-refractivity contribution in [3.05, 3.63) is 30.0 Å². The normalized spacial score (nSPS) is 11.9. The maximum atomic E-state index is 12.7. The summed E-state index contributed by atoms with van der Waals surface area (Å²) in [6, 6.07) is 6.66. The minimum Gasteiger partial charge on any atom is -0.495 e. The summed E-state index contributed by atoms with van der Waals surface area (Å²) in [5.74, 6) is 0.801. The molecule has 0 bridgehead atoms. The molecule has 8 heteroatoms. The number of nitrogens with zero attached hydrogens (tertiary/aromatic N) is 2. The summed E-state index contributed by atoms with van der Waals surface area (Å²) < 4.78 is 38.5. The van der Waals surface area contributed by atoms with Crippen LogP contribution in [0.2, 0.25) is 0 Å². The van der Waals surface area contributed by atoms with Crippen molar-refractivity contribution in [2.24, 2.45) is 0 Å². The predicted molar refractivity (Wildman–Crippen MR) is 96.2 cm³/mol. The van der Waals surface area contributed by atoms with Gasteiger partial charge in [0, 0.05) is 24.7 Å². The van der Waals surface area contributed by atoms with Gasteiger partial charge in [0.15, 0.2) is 5.76 Å². The summed E-state index contributed by atoms with van der Waals surface area (Å²) in [5, 5.41) is 3.84. The smallest absolute Gasteiger partial charge is 0.244 e. The van der Waals surface area contributed by atoms with E-state index in [4.69, 9.17) is 9.26 Å². The largest absolute Gasteiger partial charge is 0.495 e. The number of methoxy groups -OCH3 is 1. The van der Waals surface area contributed by atoms with E-state index < -0.39 is 10.0 Å². The van der Waals surface area contributed by atoms with Gasteiger partial charge in [-0.05, 0) is 38.2 Å². The first-order valence-corrected chi connectivity index (χ1v) is 9.73. The summed E-state index contributed by atoms with van der Waals surface area (Å²) in [7, 11) is -2.26. The van der Waals surface area contributed by atoms with E-state index in [0.29, 0.717) is 24.4 Å². The standard InChI is InChI=1S/C17H25N3O4S/c1-5-20(6-2)10-9-18-25(21,22)17-12-14(7-8-15(17)23-4)16-11-13(3)19-24-16/h7-8,11-12,18H,5-6,9-10H2,1-4H3. The molecule has 0 aliphatic heterocycles. The van der Waals surface area contributed by atoms with Gasteiger partial charge in [0.05, 0.1) is 12.8 Å². The Balaban J connectivity index is 2.25. The van der Waals surface area contributed by atoms with Crippen LogP contribution in [-0.2, 0) is 10.0 Å². The average molecular weight is 367 g/mol. The molecule has 2 rings (SSSR count). The van der Waals surface area contributed by atoms with Crippen molar-refractivity contribution in [1.82, 2.24) is 14.8 Å². The third-order valence-electron chi connectivity index (χ3n) is 3.98. The topological polar surface area (TPSA) is 84.7 Å². The molecule has 0 fully saturated rings. The Morgan fingerprint density at radius 1 is 1.24 bits per heavy atom. The van der Waals surface area contributed by atoms with Crippen molar-refractivity contribution in [3.63, 3.8) is 0 Å². The molecule has 0 atom stereocenters. The highest BCUT2D eigenvalue weighted by Crippen LogP contribution is 2.30. The Bertz CT molecular complexity index is 798. The summed E-state index contributed by atoms with van der Waals surface area (Å²) in [5.41, 5.74) is 1.36. The van der Waals surface area contributed by atoms with Crippen molar-refractivity contribution in [2.75, 3.05) is 33.3 Å². The fourth-order valence-electron chi connectivity index (χ4n) is 2.50. The van der Waals surface area contributed by atoms with Gasteiger partial charge in [-0.15, -0.1) is 0 Å². The van der Waals surface area contributed by atoms with Crippen LogP contribution in [0.5, 0.6) is 5.75 Å². The van der Waals surface area contributed by atoms with Gasteiger partial charge in [0.1, 0.15) is 10.6 Å². The minimum atomic E-state index is -3.70. The van der Waals surface area contributed by atoms with Crippen molar-refractivity contribution < 1.29 is 17.7 Å². The molecule has 1 aromatic heterocycles. The van der Waals surface area contributed by atoms with Gasteiger partial charge in [0.25, 0.3) is 0 Å². The molecular weight excluding hydrogens is 342 g/mol. The molecule has 0 amide bonds. The Morgan fingerprint density at radius 3 is 2.52 bits per heavy atom. The second-order valence-corrected chi connectivity index (χ2v) is 7.36. The molecule has 25 heavy (non-hydrogen) atoms. The van der Waals surface area contributed by atoms with Gasteiger partial charge in [-0.1, -0.05) is 19.0 Å². The zero-order valence-electron chi connectivity index (χ0n) is 15.1. The Kier molecular flexibility index (Phi) is 6.57. The molecule has 138 valence electrons. The fraction of sp³-hybridized carbons (Fsp3) is 0.471. The lowest BCUT2D eigenvalue weighted by Crippen LogP contribution is -2.34. The van der Waals surface area contributed by atoms with E-state index in [9.17, 15) is 8.42 Å². The molecule has 1 N–H and O–H groups in total. The molecule has 0 spiro atoms. The Hall–Kier alpha value is -1.90. The molecular formula is C17H25N3O4S. The van der Waals surface area contributed by atoms with Crippen LogP contribution in [0.3, 0.4) is 0 Å². The van der Waals surface area contributed by atoms with Crippen LogP contribution in [0.4, 0.5) is 0 Å². The molecule has 1 aromatic carbocycles. The fourth-order valence-corrected chi connectivity index (χ4v) is 3.71. The number of hydrogen-bond acceptors (Lipinski definition) is 6. The van der Waals surface area contributed by atoms with Crippen molar-refractivity contribution in [3.8, 4) is 17.1 Å². The molecule has 0 unspecified atom stereocenters. The molecule has 0 radical (unpaired) electrons. The van der Waals surface area contributed by atoms with E-state index in [-0.39, 0.29) is 10.6 Å². The highest BCUT2D eigenvalue weighted by molar-refractivity contribution is 7.89. The first-order valence-electron chi connectivity index (χ1n) is 8.25. The number of aromatic nitrogens is 1. The molecule has 1 heterocycles. The highest BCUT2D eigenvalue weighted by Gasteiger charge is 2.21. The molecule has 7 nitrogen and oxygen atoms in total. The van der Waals surface area contributed by atoms with Gasteiger partial charge in [-0.3, -0.25) is 0 Å². The minimum absolute atomic E-state index is 0.0844. The van der Waals surface area contributed by atoms with Crippen LogP contribution in [0.25, 0.3) is 11.3 Å². The zero-order valence-corrected chi connectivity index (χ0v) is 15.9. The van der Waals surface area contributed by atoms with E-state index in [2.05, 4.69) is 14.8 Å². The lowest BCUT2D eigenvalue weighted by molar-refractivity contribution is 0.309. The van der Waals surface area contributed by atoms with Crippen LogP contribution >= 0.6 is 0 Å². The first-order chi connectivity index (χ1) is 11.9. The SMILES string of the molecule is CCN(CC)CCNS(=O)(=O)c1cc(-c2cc(C)no2)ccc1OC. The number of nitrogens with one attached hydrogen (secondary N) is 1. The van der Waals surface area contributed by atoms with Crippen LogP contribution in [0.1, 0.15) is 19.5 Å². The number of benzene rings is 1. The van der Waals surface area contributed by atoms with Gasteiger partial charge < -0.3 is 14.2 Å². The van der Waals surface area contributed by atoms with E-state index in [1.54, 1.807) is 24.3 Å². The highest BCUT2D eigenvalue weighted by atomic mass is 32.2. The van der Waals surface area contributed by atoms with Gasteiger partial charge in [0.2, 0.25) is 10.0 Å². The van der Waals surface area contributed by atoms with Crippen molar-refractivity contribution in [2.45, 2.75) is 25.7 Å². The summed E-state index contributed by atoms with van der Waals surface area (Å²) in [6.07, 6.45) is 0. The molecule has 0 saturated carbocycles. The van der Waals surface area contributed by atoms with E-state index in [1.165, 1.54) is 7.11 Å². The van der Waals surface area contributed by atoms with Crippen molar-refractivity contribution >= 4 is 10.0 Å². The van der Waals surface area contributed by atoms with Crippen LogP contribution < -0.4 is 9.46 Å². The first kappa shape index (κ1) is 19.4. The van der Waals surface area contributed by atoms with E-state index in [0.717, 1.165) is 18.8 Å². The summed E-state index contributed by atoms with van der Waals surface area (Å²) >= 11 is 0. The van der Waals surface area contributed by atoms with E-state index >= 15 is 0 Å². The second kappa shape index (κ2) is 8.46. The third kappa shape index (κ3) is 4.81. The number of likely N-dealkylation sites (N-methyl/N-ethyl adjacent to an activating group) is 1. The quantitative estimate of drug-likeness (QED) is 0.732. The maximum Gasteiger partial charge on any atom is 0.244 e. The number of rotatable bonds is 9. The van der Waals surface area contributed by atoms with Crippen LogP contribution in [-0.4, -0.2) is 51.8 Å². The summed E-state index contributed by atoms with van der Waals surface area (Å²) in [4.78, 5) is 2.23. The molecule has 0 aliphatic rings. The third-order valence-corrected chi connectivity index (χ3v) is 5.46. The second-order valence-electron chi connectivity index (χ2n) is 5.62. The van der Waals surface area contributed by atoms with E-state index in [1.807, 2.05) is 20.8 Å². The lowest BCUT2D eigenvalue weighted by atomic mass is 10.1. The Morgan fingerprint density at radius 2 is 1.96 bits per heavy atom. The predicted octanol–water partition coefficient (Wildman–Crippen LogP) is 2.28. The lowest BCUT2D eigenvalue weighted by Gasteiger charge is -2.18. The van der Waals surface area contributed by atoms with Crippen LogP contribution in [0, 0.1) is 6.92 Å². The number of aryl methyl sites for hydroxylation is 1. The monoisotopic (exact) mass is 367 g/mol. The average Bonchev–Trinajstić information content (AvgIpc) is 3.04. The summed E-state index contributed by atoms with van der Waals surface area (Å²) in [6.45, 7) is 8.63. The van der Waals surface area contributed by atoms with Gasteiger partial charge >= 0.3 is 0 Å². The van der Waals surface area contributed by atoms with Crippen molar-refractivity contribution in [1.29, 1.82) is 0 Å². The van der Waals surface area contributed by atoms with Gasteiger partial charge in [-0.25, -0.2) is 13.1 Å². The number of sulfonamides is 1. The van der Waals surface area contributed by atoms with Crippen LogP contribution in [0.15, 0.2) is 33.7 Å². The number of hydrogen-bond donors (Lipinski definition) is 1. The zero-order chi connectivity index (χ0) is 18.4. The molecule has 0 aliphatic carbocycles. The molecule has 0 saturated heterocycles. The Labute approximate surface area is 149 Å². The maximum absolute atomic E-state index is 12.7. The number of ether oxygens (including phenoxy) is 1. The molecule has 2 aromatic rings.